The van der Waals surface area contributed by atoms with Crippen molar-refractivity contribution < 1.29 is 27.1 Å². The van der Waals surface area contributed by atoms with Crippen molar-refractivity contribution in [3.63, 3.8) is 0 Å². The molecule has 160 valence electrons. The predicted octanol–water partition coefficient (Wildman–Crippen LogP) is 4.49. The first-order chi connectivity index (χ1) is 14.2. The van der Waals surface area contributed by atoms with Crippen LogP contribution in [-0.2, 0) is 17.5 Å². The molecule has 1 saturated heterocycles. The van der Waals surface area contributed by atoms with E-state index >= 15 is 0 Å². The van der Waals surface area contributed by atoms with Crippen molar-refractivity contribution in [3.05, 3.63) is 71.2 Å². The molecule has 1 aliphatic rings. The molecule has 1 heterocycles. The number of hydrogen-bond donors (Lipinski definition) is 0. The van der Waals surface area contributed by atoms with Crippen LogP contribution in [0.4, 0.5) is 17.6 Å². The van der Waals surface area contributed by atoms with Crippen LogP contribution in [0, 0.1) is 5.82 Å². The van der Waals surface area contributed by atoms with Crippen molar-refractivity contribution in [3.8, 4) is 5.75 Å². The standard InChI is InChI=1S/C22H22F4N2O2/c1-15-11-27(14-30-21-6-4-3-5-19(21)22(24,25)26)16(2)20(13-29)28(15)12-17-7-9-18(23)10-8-17/h3-10,15-16H,11-12,14H2,1-2H3/t15-,16+/m0/s1. The molecule has 0 saturated carbocycles. The molecule has 2 atom stereocenters. The molecule has 1 aliphatic heterocycles. The molecule has 4 nitrogen and oxygen atoms in total. The second-order valence-electron chi connectivity index (χ2n) is 7.31. The Kier molecular flexibility index (Phi) is 6.48. The number of carbonyl (C=O) groups excluding carboxylic acids is 1. The lowest BCUT2D eigenvalue weighted by atomic mass is 10.0. The molecule has 0 aromatic heterocycles. The van der Waals surface area contributed by atoms with E-state index in [0.717, 1.165) is 11.6 Å². The Balaban J connectivity index is 1.73. The Morgan fingerprint density at radius 1 is 1.10 bits per heavy atom. The van der Waals surface area contributed by atoms with Crippen molar-refractivity contribution >= 4 is 5.94 Å². The lowest BCUT2D eigenvalue weighted by Gasteiger charge is -2.45. The normalized spacial score (nSPS) is 20.2. The second-order valence-corrected chi connectivity index (χ2v) is 7.31. The van der Waals surface area contributed by atoms with E-state index in [0.29, 0.717) is 18.8 Å². The summed E-state index contributed by atoms with van der Waals surface area (Å²) in [6.45, 7) is 4.46. The number of halogens is 4. The zero-order valence-electron chi connectivity index (χ0n) is 16.6. The van der Waals surface area contributed by atoms with Gasteiger partial charge in [-0.05, 0) is 43.7 Å². The largest absolute Gasteiger partial charge is 0.477 e. The average Bonchev–Trinajstić information content (AvgIpc) is 2.71. The maximum absolute atomic E-state index is 13.2. The molecule has 30 heavy (non-hydrogen) atoms. The highest BCUT2D eigenvalue weighted by molar-refractivity contribution is 5.54. The highest BCUT2D eigenvalue weighted by Crippen LogP contribution is 2.36. The van der Waals surface area contributed by atoms with Gasteiger partial charge in [-0.2, -0.15) is 13.2 Å². The van der Waals surface area contributed by atoms with E-state index in [1.165, 1.54) is 30.3 Å². The molecule has 0 radical (unpaired) electrons. The summed E-state index contributed by atoms with van der Waals surface area (Å²) in [6, 6.07) is 10.5. The van der Waals surface area contributed by atoms with Gasteiger partial charge in [-0.25, -0.2) is 9.18 Å². The smallest absolute Gasteiger partial charge is 0.419 e. The van der Waals surface area contributed by atoms with E-state index in [2.05, 4.69) is 0 Å². The molecular weight excluding hydrogens is 400 g/mol. The predicted molar refractivity (Wildman–Crippen MR) is 104 cm³/mol. The number of hydrogen-bond acceptors (Lipinski definition) is 4. The van der Waals surface area contributed by atoms with Gasteiger partial charge in [0.1, 0.15) is 29.9 Å². The Labute approximate surface area is 172 Å². The monoisotopic (exact) mass is 422 g/mol. The summed E-state index contributed by atoms with van der Waals surface area (Å²) >= 11 is 0. The minimum Gasteiger partial charge on any atom is -0.477 e. The molecule has 0 aliphatic carbocycles. The van der Waals surface area contributed by atoms with E-state index in [9.17, 15) is 22.4 Å². The van der Waals surface area contributed by atoms with Crippen molar-refractivity contribution in [1.29, 1.82) is 0 Å². The number of nitrogens with zero attached hydrogens (tertiary/aromatic N) is 2. The van der Waals surface area contributed by atoms with E-state index < -0.39 is 17.8 Å². The Hall–Kier alpha value is -2.83. The minimum atomic E-state index is -4.52. The molecule has 0 spiro atoms. The SMILES string of the molecule is C[C@@H]1C(=C=O)N(Cc2ccc(F)cc2)[C@@H](C)CN1COc1ccccc1C(F)(F)F. The lowest BCUT2D eigenvalue weighted by molar-refractivity contribution is -0.139. The van der Waals surface area contributed by atoms with E-state index in [1.807, 2.05) is 17.8 Å². The third kappa shape index (κ3) is 4.83. The zero-order valence-corrected chi connectivity index (χ0v) is 16.6. The van der Waals surface area contributed by atoms with E-state index in [1.54, 1.807) is 24.0 Å². The maximum atomic E-state index is 13.2. The number of benzene rings is 2. The summed E-state index contributed by atoms with van der Waals surface area (Å²) in [6.07, 6.45) is -4.52. The maximum Gasteiger partial charge on any atom is 0.419 e. The van der Waals surface area contributed by atoms with Crippen molar-refractivity contribution in [2.24, 2.45) is 0 Å². The number of piperazine rings is 1. The highest BCUT2D eigenvalue weighted by Gasteiger charge is 2.36. The molecule has 1 fully saturated rings. The van der Waals surface area contributed by atoms with E-state index in [4.69, 9.17) is 4.74 Å². The van der Waals surface area contributed by atoms with Crippen LogP contribution >= 0.6 is 0 Å². The van der Waals surface area contributed by atoms with Gasteiger partial charge in [-0.15, -0.1) is 0 Å². The fourth-order valence-electron chi connectivity index (χ4n) is 3.56. The minimum absolute atomic E-state index is 0.103. The fourth-order valence-corrected chi connectivity index (χ4v) is 3.56. The molecule has 0 bridgehead atoms. The van der Waals surface area contributed by atoms with Crippen LogP contribution in [0.1, 0.15) is 25.0 Å². The van der Waals surface area contributed by atoms with Crippen LogP contribution in [-0.4, -0.2) is 41.1 Å². The quantitative estimate of drug-likeness (QED) is 0.525. The lowest BCUT2D eigenvalue weighted by Crippen LogP contribution is -2.55. The van der Waals surface area contributed by atoms with Gasteiger partial charge in [0, 0.05) is 19.1 Å². The molecule has 3 rings (SSSR count). The summed E-state index contributed by atoms with van der Waals surface area (Å²) in [5.74, 6) is 1.38. The first-order valence-corrected chi connectivity index (χ1v) is 9.50. The summed E-state index contributed by atoms with van der Waals surface area (Å²) < 4.78 is 58.2. The van der Waals surface area contributed by atoms with Crippen LogP contribution in [0.15, 0.2) is 54.2 Å². The summed E-state index contributed by atoms with van der Waals surface area (Å²) in [4.78, 5) is 15.4. The second kappa shape index (κ2) is 8.90. The van der Waals surface area contributed by atoms with Crippen molar-refractivity contribution in [2.45, 2.75) is 38.7 Å². The molecular formula is C22H22F4N2O2. The van der Waals surface area contributed by atoms with Gasteiger partial charge in [-0.1, -0.05) is 24.3 Å². The molecule has 0 amide bonds. The van der Waals surface area contributed by atoms with E-state index in [-0.39, 0.29) is 24.3 Å². The van der Waals surface area contributed by atoms with Gasteiger partial charge < -0.3 is 9.64 Å². The zero-order chi connectivity index (χ0) is 21.9. The highest BCUT2D eigenvalue weighted by atomic mass is 19.4. The topological polar surface area (TPSA) is 32.8 Å². The summed E-state index contributed by atoms with van der Waals surface area (Å²) in [5.41, 5.74) is 0.379. The molecule has 2 aromatic carbocycles. The Bertz CT molecular complexity index is 923. The van der Waals surface area contributed by atoms with Crippen LogP contribution in [0.5, 0.6) is 5.75 Å². The van der Waals surface area contributed by atoms with Gasteiger partial charge in [0.2, 0.25) is 0 Å². The third-order valence-corrected chi connectivity index (χ3v) is 5.23. The number of para-hydroxylation sites is 1. The van der Waals surface area contributed by atoms with Crippen LogP contribution in [0.2, 0.25) is 0 Å². The van der Waals surface area contributed by atoms with Gasteiger partial charge in [0.05, 0.1) is 11.6 Å². The van der Waals surface area contributed by atoms with Gasteiger partial charge in [0.15, 0.2) is 0 Å². The van der Waals surface area contributed by atoms with Crippen LogP contribution in [0.25, 0.3) is 0 Å². The van der Waals surface area contributed by atoms with Gasteiger partial charge in [-0.3, -0.25) is 4.90 Å². The first kappa shape index (κ1) is 21.9. The Morgan fingerprint density at radius 3 is 2.40 bits per heavy atom. The van der Waals surface area contributed by atoms with Crippen LogP contribution in [0.3, 0.4) is 0 Å². The fraction of sp³-hybridized carbons (Fsp3) is 0.364. The van der Waals surface area contributed by atoms with Crippen molar-refractivity contribution in [1.82, 2.24) is 9.80 Å². The molecule has 8 heteroatoms. The van der Waals surface area contributed by atoms with Gasteiger partial charge in [0.25, 0.3) is 0 Å². The number of ether oxygens (including phenoxy) is 1. The number of rotatable bonds is 5. The number of alkyl halides is 3. The first-order valence-electron chi connectivity index (χ1n) is 9.50. The molecule has 2 aromatic rings. The summed E-state index contributed by atoms with van der Waals surface area (Å²) in [7, 11) is 0. The molecule has 0 N–H and O–H groups in total. The van der Waals surface area contributed by atoms with Crippen molar-refractivity contribution in [2.75, 3.05) is 13.3 Å². The Morgan fingerprint density at radius 2 is 1.77 bits per heavy atom. The van der Waals surface area contributed by atoms with Crippen LogP contribution < -0.4 is 4.74 Å². The average molecular weight is 422 g/mol. The molecule has 0 unspecified atom stereocenters. The van der Waals surface area contributed by atoms with Gasteiger partial charge >= 0.3 is 6.18 Å². The third-order valence-electron chi connectivity index (χ3n) is 5.23. The summed E-state index contributed by atoms with van der Waals surface area (Å²) in [5, 5.41) is 0.